The first-order valence-electron chi connectivity index (χ1n) is 7.57. The molecule has 0 aliphatic heterocycles. The molecule has 1 fully saturated rings. The third-order valence-electron chi connectivity index (χ3n) is 3.78. The van der Waals surface area contributed by atoms with Crippen LogP contribution in [0.25, 0.3) is 0 Å². The molecule has 0 saturated heterocycles. The molecule has 1 aliphatic rings. The summed E-state index contributed by atoms with van der Waals surface area (Å²) in [4.78, 5) is 14.7. The molecule has 2 rings (SSSR count). The zero-order valence-electron chi connectivity index (χ0n) is 12.8. The van der Waals surface area contributed by atoms with E-state index in [1.54, 1.807) is 0 Å². The van der Waals surface area contributed by atoms with E-state index in [-0.39, 0.29) is 11.8 Å². The molecule has 1 atom stereocenters. The van der Waals surface area contributed by atoms with Crippen molar-refractivity contribution in [1.29, 1.82) is 0 Å². The van der Waals surface area contributed by atoms with Crippen molar-refractivity contribution in [3.8, 4) is 0 Å². The first kappa shape index (κ1) is 15.1. The van der Waals surface area contributed by atoms with E-state index in [1.165, 1.54) is 0 Å². The lowest BCUT2D eigenvalue weighted by Crippen LogP contribution is -2.40. The minimum absolute atomic E-state index is 0.0633. The van der Waals surface area contributed by atoms with Crippen LogP contribution in [0.1, 0.15) is 44.6 Å². The Morgan fingerprint density at radius 2 is 2.15 bits per heavy atom. The predicted molar refractivity (Wildman–Crippen MR) is 79.0 cm³/mol. The van der Waals surface area contributed by atoms with Gasteiger partial charge in [-0.1, -0.05) is 13.8 Å². The highest BCUT2D eigenvalue weighted by Gasteiger charge is 2.36. The fourth-order valence-electron chi connectivity index (χ4n) is 2.61. The van der Waals surface area contributed by atoms with Crippen molar-refractivity contribution in [1.82, 2.24) is 4.90 Å². The lowest BCUT2D eigenvalue weighted by atomic mass is 9.95. The average Bonchev–Trinajstić information content (AvgIpc) is 3.15. The summed E-state index contributed by atoms with van der Waals surface area (Å²) in [5.74, 6) is 2.37. The van der Waals surface area contributed by atoms with E-state index in [9.17, 15) is 4.79 Å². The van der Waals surface area contributed by atoms with Crippen LogP contribution in [0.4, 0.5) is 0 Å². The Balaban J connectivity index is 2.05. The van der Waals surface area contributed by atoms with Crippen LogP contribution in [0, 0.1) is 18.8 Å². The van der Waals surface area contributed by atoms with Crippen LogP contribution in [0.15, 0.2) is 16.5 Å². The molecule has 0 spiro atoms. The molecule has 1 unspecified atom stereocenters. The van der Waals surface area contributed by atoms with Gasteiger partial charge in [0.2, 0.25) is 5.91 Å². The molecule has 1 aromatic heterocycles. The maximum Gasteiger partial charge on any atom is 0.227 e. The zero-order valence-corrected chi connectivity index (χ0v) is 12.8. The molecule has 4 heteroatoms. The van der Waals surface area contributed by atoms with Crippen LogP contribution in [0.3, 0.4) is 0 Å². The monoisotopic (exact) mass is 278 g/mol. The van der Waals surface area contributed by atoms with E-state index >= 15 is 0 Å². The molecule has 2 N–H and O–H groups in total. The Kier molecular flexibility index (Phi) is 4.86. The number of carbonyl (C=O) groups is 1. The third-order valence-corrected chi connectivity index (χ3v) is 3.78. The second-order valence-corrected chi connectivity index (χ2v) is 6.27. The van der Waals surface area contributed by atoms with Gasteiger partial charge in [0.25, 0.3) is 0 Å². The molecule has 4 nitrogen and oxygen atoms in total. The minimum atomic E-state index is -0.0633. The second-order valence-electron chi connectivity index (χ2n) is 6.27. The third kappa shape index (κ3) is 3.85. The fourth-order valence-corrected chi connectivity index (χ4v) is 2.61. The van der Waals surface area contributed by atoms with Gasteiger partial charge in [-0.2, -0.15) is 0 Å². The number of nitrogens with zero attached hydrogens (tertiary/aromatic N) is 1. The molecular formula is C16H26N2O2. The maximum atomic E-state index is 12.7. The van der Waals surface area contributed by atoms with Crippen LogP contribution in [0.2, 0.25) is 0 Å². The molecule has 0 aromatic carbocycles. The van der Waals surface area contributed by atoms with Gasteiger partial charge in [-0.05, 0) is 44.2 Å². The summed E-state index contributed by atoms with van der Waals surface area (Å²) < 4.78 is 5.61. The molecule has 0 bridgehead atoms. The highest BCUT2D eigenvalue weighted by Crippen LogP contribution is 2.31. The van der Waals surface area contributed by atoms with Crippen molar-refractivity contribution in [2.24, 2.45) is 17.6 Å². The van der Waals surface area contributed by atoms with Crippen LogP contribution < -0.4 is 5.73 Å². The highest BCUT2D eigenvalue weighted by molar-refractivity contribution is 5.79. The first-order valence-corrected chi connectivity index (χ1v) is 7.57. The van der Waals surface area contributed by atoms with Crippen molar-refractivity contribution in [2.45, 2.75) is 52.6 Å². The molecule has 1 aromatic rings. The van der Waals surface area contributed by atoms with Gasteiger partial charge < -0.3 is 15.1 Å². The zero-order chi connectivity index (χ0) is 14.7. The van der Waals surface area contributed by atoms with Crippen LogP contribution >= 0.6 is 0 Å². The SMILES string of the molecule is Cc1ccc(CN(C(=O)C(CN)CC(C)C)C2CC2)o1. The lowest BCUT2D eigenvalue weighted by molar-refractivity contribution is -0.137. The highest BCUT2D eigenvalue weighted by atomic mass is 16.3. The number of rotatable bonds is 7. The molecule has 1 amide bonds. The number of nitrogens with two attached hydrogens (primary N) is 1. The van der Waals surface area contributed by atoms with E-state index in [4.69, 9.17) is 10.2 Å². The Labute approximate surface area is 121 Å². The number of amides is 1. The van der Waals surface area contributed by atoms with E-state index in [2.05, 4.69) is 13.8 Å². The van der Waals surface area contributed by atoms with Gasteiger partial charge in [-0.15, -0.1) is 0 Å². The van der Waals surface area contributed by atoms with Crippen LogP contribution in [-0.2, 0) is 11.3 Å². The van der Waals surface area contributed by atoms with Gasteiger partial charge in [0, 0.05) is 12.6 Å². The van der Waals surface area contributed by atoms with Gasteiger partial charge in [0.15, 0.2) is 0 Å². The molecule has 112 valence electrons. The summed E-state index contributed by atoms with van der Waals surface area (Å²) in [7, 11) is 0. The quantitative estimate of drug-likeness (QED) is 0.834. The van der Waals surface area contributed by atoms with Crippen molar-refractivity contribution < 1.29 is 9.21 Å². The first-order chi connectivity index (χ1) is 9.51. The lowest BCUT2D eigenvalue weighted by Gasteiger charge is -2.27. The van der Waals surface area contributed by atoms with Gasteiger partial charge in [-0.25, -0.2) is 0 Å². The van der Waals surface area contributed by atoms with Crippen molar-refractivity contribution in [3.05, 3.63) is 23.7 Å². The Morgan fingerprint density at radius 3 is 2.60 bits per heavy atom. The number of aryl methyl sites for hydroxylation is 1. The van der Waals surface area contributed by atoms with E-state index in [0.717, 1.165) is 30.8 Å². The summed E-state index contributed by atoms with van der Waals surface area (Å²) in [6.45, 7) is 7.19. The molecule has 20 heavy (non-hydrogen) atoms. The minimum Gasteiger partial charge on any atom is -0.464 e. The van der Waals surface area contributed by atoms with Gasteiger partial charge in [0.05, 0.1) is 12.5 Å². The van der Waals surface area contributed by atoms with Crippen molar-refractivity contribution in [3.63, 3.8) is 0 Å². The Morgan fingerprint density at radius 1 is 1.45 bits per heavy atom. The number of furan rings is 1. The summed E-state index contributed by atoms with van der Waals surface area (Å²) in [6, 6.07) is 4.28. The molecular weight excluding hydrogens is 252 g/mol. The fraction of sp³-hybridized carbons (Fsp3) is 0.688. The van der Waals surface area contributed by atoms with Crippen molar-refractivity contribution >= 4 is 5.91 Å². The number of hydrogen-bond donors (Lipinski definition) is 1. The Bertz CT molecular complexity index is 449. The summed E-state index contributed by atoms with van der Waals surface area (Å²) in [5.41, 5.74) is 5.81. The normalized spacial score (nSPS) is 16.4. The van der Waals surface area contributed by atoms with Gasteiger partial charge in [0.1, 0.15) is 11.5 Å². The largest absolute Gasteiger partial charge is 0.464 e. The molecule has 1 saturated carbocycles. The van der Waals surface area contributed by atoms with Crippen molar-refractivity contribution in [2.75, 3.05) is 6.54 Å². The summed E-state index contributed by atoms with van der Waals surface area (Å²) in [5, 5.41) is 0. The molecule has 0 radical (unpaired) electrons. The average molecular weight is 278 g/mol. The summed E-state index contributed by atoms with van der Waals surface area (Å²) >= 11 is 0. The van der Waals surface area contributed by atoms with Gasteiger partial charge >= 0.3 is 0 Å². The molecule has 1 heterocycles. The Hall–Kier alpha value is -1.29. The standard InChI is InChI=1S/C16H26N2O2/c1-11(2)8-13(9-17)16(19)18(14-5-6-14)10-15-7-4-12(3)20-15/h4,7,11,13-14H,5-6,8-10,17H2,1-3H3. The van der Waals surface area contributed by atoms with Gasteiger partial charge in [-0.3, -0.25) is 4.79 Å². The second kappa shape index (κ2) is 6.44. The van der Waals surface area contributed by atoms with E-state index in [1.807, 2.05) is 24.0 Å². The maximum absolute atomic E-state index is 12.7. The number of hydrogen-bond acceptors (Lipinski definition) is 3. The van der Waals surface area contributed by atoms with E-state index in [0.29, 0.717) is 25.0 Å². The van der Waals surface area contributed by atoms with Crippen LogP contribution in [-0.4, -0.2) is 23.4 Å². The topological polar surface area (TPSA) is 59.5 Å². The van der Waals surface area contributed by atoms with E-state index < -0.39 is 0 Å². The van der Waals surface area contributed by atoms with Crippen LogP contribution in [0.5, 0.6) is 0 Å². The molecule has 1 aliphatic carbocycles. The number of carbonyl (C=O) groups excluding carboxylic acids is 1. The summed E-state index contributed by atoms with van der Waals surface area (Å²) in [6.07, 6.45) is 3.06. The smallest absolute Gasteiger partial charge is 0.227 e. The predicted octanol–water partition coefficient (Wildman–Crippen LogP) is 2.70.